The van der Waals surface area contributed by atoms with Gasteiger partial charge in [0.05, 0.1) is 37.7 Å². The molecule has 0 aromatic carbocycles. The first-order chi connectivity index (χ1) is 13.6. The van der Waals surface area contributed by atoms with Gasteiger partial charge < -0.3 is 28.6 Å². The number of amides is 1. The number of hydrogen-bond acceptors (Lipinski definition) is 7. The van der Waals surface area contributed by atoms with E-state index in [-0.39, 0.29) is 30.1 Å². The first kappa shape index (κ1) is 19.8. The Morgan fingerprint density at radius 3 is 2.71 bits per heavy atom. The minimum Gasteiger partial charge on any atom is -0.459 e. The molecule has 28 heavy (non-hydrogen) atoms. The summed E-state index contributed by atoms with van der Waals surface area (Å²) >= 11 is 0. The molecular formula is C20H30N2O6. The maximum Gasteiger partial charge on any atom is 0.289 e. The highest BCUT2D eigenvalue weighted by molar-refractivity contribution is 5.91. The van der Waals surface area contributed by atoms with Gasteiger partial charge in [-0.2, -0.15) is 0 Å². The molecule has 5 atom stereocenters. The number of carbonyl (C=O) groups is 1. The highest BCUT2D eigenvalue weighted by Crippen LogP contribution is 2.46. The Morgan fingerprint density at radius 2 is 2.07 bits per heavy atom. The summed E-state index contributed by atoms with van der Waals surface area (Å²) in [5, 5.41) is 11.6. The molecule has 0 spiro atoms. The number of furan rings is 1. The van der Waals surface area contributed by atoms with E-state index in [0.717, 1.165) is 12.8 Å². The summed E-state index contributed by atoms with van der Waals surface area (Å²) < 4.78 is 22.2. The van der Waals surface area contributed by atoms with Gasteiger partial charge in [-0.15, -0.1) is 0 Å². The standard InChI is InChI=1S/C20H30N2O6/c1-25-12-15-10-14-11-17(26-2)18(20(14,24)13-28-15)21-5-7-22(8-6-21)19(23)16-4-3-9-27-16/h3-4,9,14-15,17-18,24H,5-8,10-13H2,1-2H3/t14-,15+,17+,18-,20-/m0/s1. The van der Waals surface area contributed by atoms with Gasteiger partial charge in [0.1, 0.15) is 5.60 Å². The summed E-state index contributed by atoms with van der Waals surface area (Å²) in [5.74, 6) is 0.408. The summed E-state index contributed by atoms with van der Waals surface area (Å²) in [6.07, 6.45) is 3.08. The summed E-state index contributed by atoms with van der Waals surface area (Å²) in [6, 6.07) is 3.28. The van der Waals surface area contributed by atoms with Crippen LogP contribution < -0.4 is 0 Å². The lowest BCUT2D eigenvalue weighted by Crippen LogP contribution is -2.64. The van der Waals surface area contributed by atoms with Gasteiger partial charge in [0.25, 0.3) is 5.91 Å². The smallest absolute Gasteiger partial charge is 0.289 e. The molecule has 156 valence electrons. The van der Waals surface area contributed by atoms with Crippen LogP contribution in [-0.4, -0.2) is 98.3 Å². The molecule has 1 aliphatic carbocycles. The third-order valence-electron chi connectivity index (χ3n) is 6.57. The lowest BCUT2D eigenvalue weighted by atomic mass is 9.82. The Kier molecular flexibility index (Phi) is 5.76. The van der Waals surface area contributed by atoms with Crippen LogP contribution in [0, 0.1) is 5.92 Å². The molecule has 1 aromatic heterocycles. The summed E-state index contributed by atoms with van der Waals surface area (Å²) in [4.78, 5) is 16.6. The van der Waals surface area contributed by atoms with Crippen LogP contribution in [0.3, 0.4) is 0 Å². The number of fused-ring (bicyclic) bond motifs is 1. The highest BCUT2D eigenvalue weighted by Gasteiger charge is 2.59. The lowest BCUT2D eigenvalue weighted by Gasteiger charge is -2.47. The normalized spacial score (nSPS) is 36.5. The highest BCUT2D eigenvalue weighted by atomic mass is 16.5. The predicted octanol–water partition coefficient (Wildman–Crippen LogP) is 0.607. The number of piperazine rings is 1. The monoisotopic (exact) mass is 394 g/mol. The van der Waals surface area contributed by atoms with E-state index in [1.807, 2.05) is 0 Å². The van der Waals surface area contributed by atoms with Crippen molar-refractivity contribution in [3.63, 3.8) is 0 Å². The number of ether oxygens (including phenoxy) is 3. The quantitative estimate of drug-likeness (QED) is 0.783. The first-order valence-electron chi connectivity index (χ1n) is 9.99. The Bertz CT molecular complexity index is 660. The average molecular weight is 394 g/mol. The molecule has 4 rings (SSSR count). The van der Waals surface area contributed by atoms with E-state index in [2.05, 4.69) is 4.90 Å². The van der Waals surface area contributed by atoms with Crippen molar-refractivity contribution in [1.29, 1.82) is 0 Å². The molecule has 1 aromatic rings. The van der Waals surface area contributed by atoms with Crippen LogP contribution in [0.1, 0.15) is 23.4 Å². The van der Waals surface area contributed by atoms with E-state index in [1.54, 1.807) is 31.3 Å². The summed E-state index contributed by atoms with van der Waals surface area (Å²) in [7, 11) is 3.38. The van der Waals surface area contributed by atoms with E-state index >= 15 is 0 Å². The van der Waals surface area contributed by atoms with Crippen molar-refractivity contribution in [2.45, 2.75) is 36.7 Å². The van der Waals surface area contributed by atoms with E-state index in [0.29, 0.717) is 45.2 Å². The van der Waals surface area contributed by atoms with Crippen molar-refractivity contribution >= 4 is 5.91 Å². The Balaban J connectivity index is 1.43. The largest absolute Gasteiger partial charge is 0.459 e. The number of methoxy groups -OCH3 is 2. The van der Waals surface area contributed by atoms with Gasteiger partial charge in [-0.3, -0.25) is 9.69 Å². The Morgan fingerprint density at radius 1 is 1.29 bits per heavy atom. The van der Waals surface area contributed by atoms with Crippen molar-refractivity contribution in [1.82, 2.24) is 9.80 Å². The second-order valence-corrected chi connectivity index (χ2v) is 8.07. The van der Waals surface area contributed by atoms with Gasteiger partial charge in [0.15, 0.2) is 5.76 Å². The molecule has 0 bridgehead atoms. The fourth-order valence-electron chi connectivity index (χ4n) is 5.15. The zero-order valence-corrected chi connectivity index (χ0v) is 16.6. The average Bonchev–Trinajstić information content (AvgIpc) is 3.34. The molecule has 2 saturated heterocycles. The number of hydrogen-bond donors (Lipinski definition) is 1. The van der Waals surface area contributed by atoms with E-state index in [9.17, 15) is 9.90 Å². The molecule has 8 heteroatoms. The third kappa shape index (κ3) is 3.48. The number of nitrogens with zero attached hydrogens (tertiary/aromatic N) is 2. The molecule has 1 saturated carbocycles. The van der Waals surface area contributed by atoms with Gasteiger partial charge in [-0.1, -0.05) is 0 Å². The van der Waals surface area contributed by atoms with Crippen molar-refractivity contribution < 1.29 is 28.5 Å². The lowest BCUT2D eigenvalue weighted by molar-refractivity contribution is -0.182. The van der Waals surface area contributed by atoms with Crippen molar-refractivity contribution in [2.24, 2.45) is 5.92 Å². The predicted molar refractivity (Wildman–Crippen MR) is 100 cm³/mol. The van der Waals surface area contributed by atoms with E-state index < -0.39 is 5.60 Å². The third-order valence-corrected chi connectivity index (χ3v) is 6.57. The minimum absolute atomic E-state index is 0.0225. The van der Waals surface area contributed by atoms with Crippen LogP contribution in [0.15, 0.2) is 22.8 Å². The molecule has 0 unspecified atom stereocenters. The molecule has 3 aliphatic rings. The summed E-state index contributed by atoms with van der Waals surface area (Å²) in [5.41, 5.74) is -0.932. The molecule has 2 aliphatic heterocycles. The Labute approximate surface area is 165 Å². The maximum absolute atomic E-state index is 12.5. The van der Waals surface area contributed by atoms with Crippen LogP contribution >= 0.6 is 0 Å². The number of rotatable bonds is 5. The van der Waals surface area contributed by atoms with Crippen LogP contribution in [0.2, 0.25) is 0 Å². The van der Waals surface area contributed by atoms with Gasteiger partial charge in [-0.05, 0) is 30.9 Å². The fourth-order valence-corrected chi connectivity index (χ4v) is 5.15. The molecule has 8 nitrogen and oxygen atoms in total. The zero-order chi connectivity index (χ0) is 19.7. The zero-order valence-electron chi connectivity index (χ0n) is 16.6. The Hall–Kier alpha value is -1.45. The minimum atomic E-state index is -0.932. The van der Waals surface area contributed by atoms with Gasteiger partial charge in [0, 0.05) is 40.4 Å². The second-order valence-electron chi connectivity index (χ2n) is 8.07. The van der Waals surface area contributed by atoms with Crippen molar-refractivity contribution in [2.75, 3.05) is 53.6 Å². The van der Waals surface area contributed by atoms with Crippen LogP contribution in [0.25, 0.3) is 0 Å². The van der Waals surface area contributed by atoms with Crippen LogP contribution in [0.4, 0.5) is 0 Å². The first-order valence-corrected chi connectivity index (χ1v) is 9.99. The molecule has 1 amide bonds. The van der Waals surface area contributed by atoms with Crippen LogP contribution in [-0.2, 0) is 14.2 Å². The van der Waals surface area contributed by atoms with Gasteiger partial charge in [0.2, 0.25) is 0 Å². The number of carbonyl (C=O) groups excluding carboxylic acids is 1. The topological polar surface area (TPSA) is 84.6 Å². The van der Waals surface area contributed by atoms with Crippen molar-refractivity contribution in [3.05, 3.63) is 24.2 Å². The maximum atomic E-state index is 12.5. The molecule has 3 fully saturated rings. The molecule has 1 N–H and O–H groups in total. The second kappa shape index (κ2) is 8.12. The fraction of sp³-hybridized carbons (Fsp3) is 0.750. The van der Waals surface area contributed by atoms with E-state index in [1.165, 1.54) is 6.26 Å². The molecule has 0 radical (unpaired) electrons. The number of aliphatic hydroxyl groups is 1. The van der Waals surface area contributed by atoms with Gasteiger partial charge in [-0.25, -0.2) is 0 Å². The van der Waals surface area contributed by atoms with Crippen molar-refractivity contribution in [3.8, 4) is 0 Å². The van der Waals surface area contributed by atoms with E-state index in [4.69, 9.17) is 18.6 Å². The van der Waals surface area contributed by atoms with Gasteiger partial charge >= 0.3 is 0 Å². The summed E-state index contributed by atoms with van der Waals surface area (Å²) in [6.45, 7) is 3.41. The SMILES string of the molecule is COC[C@H]1C[C@H]2C[C@@H](OC)[C@H](N3CCN(C(=O)c4ccco4)CC3)[C@]2(O)CO1. The molecular weight excluding hydrogens is 364 g/mol. The molecule has 3 heterocycles. The van der Waals surface area contributed by atoms with Crippen LogP contribution in [0.5, 0.6) is 0 Å².